The lowest BCUT2D eigenvalue weighted by atomic mass is 9.72. The number of rotatable bonds is 7. The van der Waals surface area contributed by atoms with E-state index in [1.54, 1.807) is 6.07 Å². The molecule has 280 valence electrons. The van der Waals surface area contributed by atoms with Gasteiger partial charge >= 0.3 is 12.4 Å². The van der Waals surface area contributed by atoms with Crippen LogP contribution in [0.4, 0.5) is 49.1 Å². The Balaban J connectivity index is 0.000000305. The van der Waals surface area contributed by atoms with Crippen molar-refractivity contribution in [3.05, 3.63) is 106 Å². The van der Waals surface area contributed by atoms with Crippen molar-refractivity contribution in [2.75, 3.05) is 36.1 Å². The van der Waals surface area contributed by atoms with E-state index >= 15 is 0 Å². The topological polar surface area (TPSA) is 180 Å². The van der Waals surface area contributed by atoms with Crippen LogP contribution >= 0.6 is 0 Å². The Kier molecular flexibility index (Phi) is 13.7. The number of halogens is 6. The summed E-state index contributed by atoms with van der Waals surface area (Å²) in [5, 5.41) is 18.9. The first-order valence-electron chi connectivity index (χ1n) is 15.8. The van der Waals surface area contributed by atoms with Gasteiger partial charge in [0.25, 0.3) is 0 Å². The largest absolute Gasteiger partial charge is 0.506 e. The number of ether oxygens (including phenoxy) is 1. The first-order valence-corrected chi connectivity index (χ1v) is 15.8. The highest BCUT2D eigenvalue weighted by molar-refractivity contribution is 5.60. The van der Waals surface area contributed by atoms with Gasteiger partial charge in [-0.05, 0) is 97.5 Å². The fourth-order valence-electron chi connectivity index (χ4n) is 5.14. The van der Waals surface area contributed by atoms with E-state index < -0.39 is 40.3 Å². The molecule has 0 fully saturated rings. The van der Waals surface area contributed by atoms with Crippen molar-refractivity contribution in [1.82, 2.24) is 0 Å². The number of nitrogens with two attached hydrogens (primary N) is 5. The molecule has 0 radical (unpaired) electrons. The molecule has 0 saturated heterocycles. The third-order valence-corrected chi connectivity index (χ3v) is 8.56. The molecule has 0 aliphatic carbocycles. The third kappa shape index (κ3) is 9.50. The highest BCUT2D eigenvalue weighted by Gasteiger charge is 2.72. The monoisotopic (exact) mass is 723 g/mol. The summed E-state index contributed by atoms with van der Waals surface area (Å²) in [6, 6.07) is 15.6. The van der Waals surface area contributed by atoms with Crippen molar-refractivity contribution < 1.29 is 41.3 Å². The first-order chi connectivity index (χ1) is 23.4. The van der Waals surface area contributed by atoms with Crippen LogP contribution in [0, 0.1) is 13.8 Å². The molecule has 0 spiro atoms. The Hall–Kier alpha value is -4.82. The molecule has 0 aromatic heterocycles. The zero-order valence-electron chi connectivity index (χ0n) is 29.4. The van der Waals surface area contributed by atoms with Crippen molar-refractivity contribution in [2.45, 2.75) is 70.8 Å². The second kappa shape index (κ2) is 16.5. The molecule has 0 aliphatic rings. The zero-order chi connectivity index (χ0) is 39.1. The predicted octanol–water partition coefficient (Wildman–Crippen LogP) is 7.84. The number of hydrogen-bond donors (Lipinski definition) is 7. The summed E-state index contributed by atoms with van der Waals surface area (Å²) in [7, 11) is 0. The molecular weight excluding hydrogens is 676 g/mol. The van der Waals surface area contributed by atoms with Gasteiger partial charge < -0.3 is 43.6 Å². The second-order valence-electron chi connectivity index (χ2n) is 12.6. The molecule has 1 atom stereocenters. The Bertz CT molecular complexity index is 1660. The van der Waals surface area contributed by atoms with Crippen LogP contribution in [0.1, 0.15) is 61.1 Å². The van der Waals surface area contributed by atoms with Gasteiger partial charge in [0.05, 0.1) is 17.5 Å². The smallest absolute Gasteiger partial charge is 0.411 e. The van der Waals surface area contributed by atoms with Crippen LogP contribution in [0.5, 0.6) is 11.5 Å². The van der Waals surface area contributed by atoms with Crippen molar-refractivity contribution in [2.24, 2.45) is 5.73 Å². The lowest BCUT2D eigenvalue weighted by Gasteiger charge is -2.38. The van der Waals surface area contributed by atoms with Crippen molar-refractivity contribution >= 4 is 22.7 Å². The molecule has 4 aromatic carbocycles. The fourth-order valence-corrected chi connectivity index (χ4v) is 5.14. The molecule has 14 heteroatoms. The van der Waals surface area contributed by atoms with Gasteiger partial charge in [-0.1, -0.05) is 50.2 Å². The molecule has 12 N–H and O–H groups in total. The SMILES string of the molecule is CCOC(C)CN.Cc1ccc(C(C)(C)c2ccc(O)c(N)c2)cc1N.Cc1ccc(C(c2ccc(O)c(N)c2)(C(F)(F)F)C(F)(F)F)cc1N. The van der Waals surface area contributed by atoms with E-state index in [2.05, 4.69) is 19.9 Å². The summed E-state index contributed by atoms with van der Waals surface area (Å²) in [5.41, 5.74) is 25.0. The molecule has 8 nitrogen and oxygen atoms in total. The van der Waals surface area contributed by atoms with Gasteiger partial charge in [-0.25, -0.2) is 0 Å². The highest BCUT2D eigenvalue weighted by Crippen LogP contribution is 2.57. The van der Waals surface area contributed by atoms with Gasteiger partial charge in [0.15, 0.2) is 0 Å². The minimum Gasteiger partial charge on any atom is -0.506 e. The number of benzene rings is 4. The number of phenols is 2. The molecule has 0 bridgehead atoms. The second-order valence-corrected chi connectivity index (χ2v) is 12.6. The van der Waals surface area contributed by atoms with Crippen LogP contribution in [0.15, 0.2) is 72.8 Å². The maximum Gasteiger partial charge on any atom is 0.411 e. The van der Waals surface area contributed by atoms with E-state index in [0.717, 1.165) is 41.1 Å². The van der Waals surface area contributed by atoms with E-state index in [1.807, 2.05) is 45.0 Å². The molecule has 0 saturated carbocycles. The van der Waals surface area contributed by atoms with Gasteiger partial charge in [0.1, 0.15) is 11.5 Å². The normalized spacial score (nSPS) is 12.6. The van der Waals surface area contributed by atoms with Gasteiger partial charge in [-0.3, -0.25) is 0 Å². The van der Waals surface area contributed by atoms with E-state index in [9.17, 15) is 36.6 Å². The first kappa shape index (κ1) is 42.3. The summed E-state index contributed by atoms with van der Waals surface area (Å²) in [4.78, 5) is 0. The van der Waals surface area contributed by atoms with E-state index in [1.165, 1.54) is 6.92 Å². The average molecular weight is 724 g/mol. The molecule has 4 rings (SSSR count). The minimum atomic E-state index is -5.74. The maximum absolute atomic E-state index is 13.8. The molecule has 4 aromatic rings. The summed E-state index contributed by atoms with van der Waals surface area (Å²) < 4.78 is 88.1. The van der Waals surface area contributed by atoms with Crippen molar-refractivity contribution in [1.29, 1.82) is 0 Å². The number of aryl methyl sites for hydroxylation is 2. The molecular formula is C37H47F6N5O3. The van der Waals surface area contributed by atoms with E-state index in [-0.39, 0.29) is 23.0 Å². The van der Waals surface area contributed by atoms with Crippen molar-refractivity contribution in [3.63, 3.8) is 0 Å². The van der Waals surface area contributed by atoms with Gasteiger partial charge in [-0.15, -0.1) is 0 Å². The molecule has 0 amide bonds. The van der Waals surface area contributed by atoms with Crippen LogP contribution in [-0.2, 0) is 15.6 Å². The standard InChI is InChI=1S/C16H14F6N2O.C16H20N2O.C5H13NO/c1-8-2-3-9(6-11(8)23)14(15(17,18)19,16(20,21)22)10-4-5-13(25)12(24)7-10;1-10-4-5-11(8-13(10)17)16(2,3)12-6-7-15(19)14(18)9-12;1-3-7-5(2)4-6/h2-7,25H,23-24H2,1H3;4-9,19H,17-18H2,1-3H3;5H,3-4,6H2,1-2H3. The molecule has 0 aliphatic heterocycles. The Morgan fingerprint density at radius 1 is 0.608 bits per heavy atom. The molecule has 0 heterocycles. The highest BCUT2D eigenvalue weighted by atomic mass is 19.4. The third-order valence-electron chi connectivity index (χ3n) is 8.56. The number of aromatic hydroxyl groups is 2. The number of phenolic OH excluding ortho intramolecular Hbond substituents is 2. The zero-order valence-corrected chi connectivity index (χ0v) is 29.4. The predicted molar refractivity (Wildman–Crippen MR) is 191 cm³/mol. The summed E-state index contributed by atoms with van der Waals surface area (Å²) in [6.45, 7) is 13.0. The Morgan fingerprint density at radius 2 is 0.941 bits per heavy atom. The lowest BCUT2D eigenvalue weighted by molar-refractivity contribution is -0.288. The number of alkyl halides is 6. The molecule has 51 heavy (non-hydrogen) atoms. The quantitative estimate of drug-likeness (QED) is 0.0572. The average Bonchev–Trinajstić information content (AvgIpc) is 3.02. The minimum absolute atomic E-state index is 0.114. The van der Waals surface area contributed by atoms with Gasteiger partial charge in [0.2, 0.25) is 5.41 Å². The van der Waals surface area contributed by atoms with Crippen LogP contribution < -0.4 is 28.7 Å². The summed E-state index contributed by atoms with van der Waals surface area (Å²) in [6.07, 6.45) is -11.3. The molecule has 1 unspecified atom stereocenters. The van der Waals surface area contributed by atoms with Gasteiger partial charge in [0, 0.05) is 29.9 Å². The van der Waals surface area contributed by atoms with Crippen LogP contribution in [0.3, 0.4) is 0 Å². The van der Waals surface area contributed by atoms with E-state index in [4.69, 9.17) is 33.4 Å². The van der Waals surface area contributed by atoms with Crippen molar-refractivity contribution in [3.8, 4) is 11.5 Å². The fraction of sp³-hybridized carbons (Fsp3) is 0.351. The Morgan fingerprint density at radius 3 is 1.27 bits per heavy atom. The Labute approximate surface area is 294 Å². The summed E-state index contributed by atoms with van der Waals surface area (Å²) >= 11 is 0. The number of nitrogen functional groups attached to an aromatic ring is 4. The van der Waals surface area contributed by atoms with E-state index in [0.29, 0.717) is 42.1 Å². The number of anilines is 4. The number of hydrogen-bond acceptors (Lipinski definition) is 8. The van der Waals surface area contributed by atoms with Gasteiger partial charge in [-0.2, -0.15) is 26.3 Å². The van der Waals surface area contributed by atoms with Crippen LogP contribution in [0.25, 0.3) is 0 Å². The van der Waals surface area contributed by atoms with Crippen LogP contribution in [-0.4, -0.2) is 41.8 Å². The maximum atomic E-state index is 13.8. The lowest BCUT2D eigenvalue weighted by Crippen LogP contribution is -2.54. The van der Waals surface area contributed by atoms with Crippen LogP contribution in [0.2, 0.25) is 0 Å². The summed E-state index contributed by atoms with van der Waals surface area (Å²) in [5.74, 6) is -0.506.